The number of aryl methyl sites for hydroxylation is 2. The van der Waals surface area contributed by atoms with Crippen molar-refractivity contribution in [2.24, 2.45) is 23.2 Å². The molecule has 0 radical (unpaired) electrons. The monoisotopic (exact) mass is 966 g/mol. The Morgan fingerprint density at radius 2 is 1.31 bits per heavy atom. The Labute approximate surface area is 429 Å². The number of nitrogens with zero attached hydrogens (tertiary/aromatic N) is 3. The van der Waals surface area contributed by atoms with Gasteiger partial charge in [-0.3, -0.25) is 0 Å². The molecule has 3 aliphatic heterocycles. The van der Waals surface area contributed by atoms with Crippen LogP contribution in [0.1, 0.15) is 113 Å². The van der Waals surface area contributed by atoms with E-state index in [1.54, 1.807) is 0 Å². The maximum atomic E-state index is 16.0. The second-order valence-corrected chi connectivity index (χ2v) is 22.5. The maximum Gasteiger partial charge on any atom is 0.394 e. The molecule has 0 aromatic heterocycles. The van der Waals surface area contributed by atoms with Crippen molar-refractivity contribution in [2.75, 3.05) is 30.9 Å². The summed E-state index contributed by atoms with van der Waals surface area (Å²) in [4.78, 5) is 6.80. The highest BCUT2D eigenvalue weighted by Crippen LogP contribution is 2.50. The molecule has 3 aromatic carbocycles. The van der Waals surface area contributed by atoms with Gasteiger partial charge in [0.25, 0.3) is 0 Å². The first kappa shape index (κ1) is 50.7. The number of allylic oxidation sites excluding steroid dienone is 16. The molecule has 5 unspecified atom stereocenters. The maximum absolute atomic E-state index is 16.0. The van der Waals surface area contributed by atoms with E-state index in [9.17, 15) is 0 Å². The molecule has 0 bridgehead atoms. The highest BCUT2D eigenvalue weighted by atomic mass is 19.4. The van der Waals surface area contributed by atoms with Crippen molar-refractivity contribution in [1.82, 2.24) is 4.90 Å². The molecule has 374 valence electrons. The normalized spacial score (nSPS) is 24.2. The third-order valence-electron chi connectivity index (χ3n) is 16.8. The van der Waals surface area contributed by atoms with Gasteiger partial charge in [0, 0.05) is 72.6 Å². The topological polar surface area (TPSA) is 9.72 Å². The molecule has 9 rings (SSSR count). The van der Waals surface area contributed by atoms with Gasteiger partial charge in [0.05, 0.1) is 11.5 Å². The standard InChI is InChI=1S/C66H74F3N3/c1-39-26-43(5)46(8)56(31-39)60-23-20-51-19-18-49(35-63(51)71(60)13)29-42(4)30-53-34-50(36-64-55(53)22-25-62(72(64)14)58-33-41(3)28-45(7)48(58)10)37-65(11,66(67,68)69)38-52-16-15-17-59-54(52)21-24-61(70(59)12)57-32-40(2)27-44(6)47(57)9/h15-28,31-36,42,46-47,64H,29-30,37-38H2,1-14H3. The average Bonchev–Trinajstić information content (AvgIpc) is 3.31. The fourth-order valence-corrected chi connectivity index (χ4v) is 12.3. The molecule has 3 nitrogen and oxygen atoms in total. The van der Waals surface area contributed by atoms with Gasteiger partial charge in [0.1, 0.15) is 0 Å². The molecule has 6 heteroatoms. The van der Waals surface area contributed by atoms with Crippen molar-refractivity contribution >= 4 is 29.2 Å². The van der Waals surface area contributed by atoms with Crippen LogP contribution in [0.3, 0.4) is 0 Å². The van der Waals surface area contributed by atoms with Crippen LogP contribution in [-0.2, 0) is 12.8 Å². The molecule has 0 amide bonds. The number of anilines is 2. The lowest BCUT2D eigenvalue weighted by Gasteiger charge is -2.41. The number of fused-ring (bicyclic) bond motifs is 3. The minimum Gasteiger partial charge on any atom is -0.364 e. The lowest BCUT2D eigenvalue weighted by atomic mass is 9.73. The molecule has 72 heavy (non-hydrogen) atoms. The lowest BCUT2D eigenvalue weighted by molar-refractivity contribution is -0.217. The van der Waals surface area contributed by atoms with Crippen molar-refractivity contribution in [3.8, 4) is 0 Å². The van der Waals surface area contributed by atoms with E-state index < -0.39 is 11.6 Å². The Balaban J connectivity index is 1.04. The first-order chi connectivity index (χ1) is 34.0. The molecule has 5 atom stereocenters. The first-order valence-corrected chi connectivity index (χ1v) is 26.0. The van der Waals surface area contributed by atoms with Crippen LogP contribution >= 0.6 is 0 Å². The second-order valence-electron chi connectivity index (χ2n) is 22.5. The van der Waals surface area contributed by atoms with E-state index in [0.717, 1.165) is 57.8 Å². The molecule has 3 heterocycles. The van der Waals surface area contributed by atoms with E-state index in [-0.39, 0.29) is 30.7 Å². The Bertz CT molecular complexity index is 3140. The fourth-order valence-electron chi connectivity index (χ4n) is 12.3. The number of benzene rings is 3. The van der Waals surface area contributed by atoms with Crippen molar-refractivity contribution in [2.45, 2.75) is 114 Å². The van der Waals surface area contributed by atoms with E-state index >= 15 is 13.2 Å². The van der Waals surface area contributed by atoms with Gasteiger partial charge < -0.3 is 14.7 Å². The summed E-state index contributed by atoms with van der Waals surface area (Å²) in [5, 5.41) is 0. The van der Waals surface area contributed by atoms with Crippen molar-refractivity contribution in [3.63, 3.8) is 0 Å². The van der Waals surface area contributed by atoms with Crippen LogP contribution in [0.5, 0.6) is 0 Å². The first-order valence-electron chi connectivity index (χ1n) is 26.0. The second kappa shape index (κ2) is 19.3. The van der Waals surface area contributed by atoms with Gasteiger partial charge in [0.15, 0.2) is 0 Å². The van der Waals surface area contributed by atoms with Gasteiger partial charge in [-0.15, -0.1) is 0 Å². The Morgan fingerprint density at radius 1 is 0.667 bits per heavy atom. The summed E-state index contributed by atoms with van der Waals surface area (Å²) in [7, 11) is 6.33. The van der Waals surface area contributed by atoms with E-state index in [0.29, 0.717) is 11.5 Å². The minimum absolute atomic E-state index is 0.134. The smallest absolute Gasteiger partial charge is 0.364 e. The van der Waals surface area contributed by atoms with Crippen LogP contribution in [0, 0.1) is 43.9 Å². The zero-order valence-corrected chi connectivity index (χ0v) is 45.2. The van der Waals surface area contributed by atoms with E-state index in [2.05, 4.69) is 195 Å². The summed E-state index contributed by atoms with van der Waals surface area (Å²) < 4.78 is 48.1. The van der Waals surface area contributed by atoms with Crippen LogP contribution in [-0.4, -0.2) is 38.3 Å². The number of likely N-dealkylation sites (N-methyl/N-ethyl adjacent to an activating group) is 3. The van der Waals surface area contributed by atoms with Crippen molar-refractivity contribution in [3.05, 3.63) is 215 Å². The number of alkyl halides is 3. The third-order valence-corrected chi connectivity index (χ3v) is 16.8. The van der Waals surface area contributed by atoms with E-state index in [4.69, 9.17) is 0 Å². The van der Waals surface area contributed by atoms with Crippen LogP contribution in [0.25, 0.3) is 17.8 Å². The Hall–Kier alpha value is -6.27. The molecular formula is C66H74F3N3. The van der Waals surface area contributed by atoms with E-state index in [1.807, 2.05) is 31.3 Å². The van der Waals surface area contributed by atoms with Crippen LogP contribution in [0.4, 0.5) is 24.5 Å². The summed E-state index contributed by atoms with van der Waals surface area (Å²) in [6, 6.07) is 16.9. The fraction of sp³-hybridized carbons (Fsp3) is 0.364. The number of halogens is 3. The van der Waals surface area contributed by atoms with Gasteiger partial charge >= 0.3 is 6.18 Å². The molecule has 0 saturated carbocycles. The Kier molecular flexibility index (Phi) is 13.6. The Morgan fingerprint density at radius 3 is 1.96 bits per heavy atom. The number of hydrogen-bond donors (Lipinski definition) is 0. The average molecular weight is 966 g/mol. The SMILES string of the molecule is CC1=CC(=C2C=Cc3ccc(CC(C)CC4=CC(CC(C)(Cc5cccc6c5C=CC(=C5C=C(C)C=C(C)C5C)N6C)C(F)(F)F)=CC5C4=CC=C(c4cc(C)cc(C)c4C)N5C)cc3N2C)C(C)C(C)=C1. The predicted molar refractivity (Wildman–Crippen MR) is 300 cm³/mol. The minimum atomic E-state index is -4.47. The zero-order chi connectivity index (χ0) is 51.7. The molecule has 0 fully saturated rings. The van der Waals surface area contributed by atoms with Gasteiger partial charge in [-0.05, 0) is 172 Å². The molecule has 0 spiro atoms. The summed E-state index contributed by atoms with van der Waals surface area (Å²) >= 11 is 0. The lowest BCUT2D eigenvalue weighted by Crippen LogP contribution is -2.39. The summed E-state index contributed by atoms with van der Waals surface area (Å²) in [6.45, 7) is 23.4. The van der Waals surface area contributed by atoms with Crippen LogP contribution < -0.4 is 9.80 Å². The van der Waals surface area contributed by atoms with Crippen molar-refractivity contribution < 1.29 is 13.2 Å². The van der Waals surface area contributed by atoms with Crippen LogP contribution in [0.2, 0.25) is 0 Å². The molecule has 3 aromatic rings. The van der Waals surface area contributed by atoms with Gasteiger partial charge in [0.2, 0.25) is 0 Å². The third kappa shape index (κ3) is 9.47. The van der Waals surface area contributed by atoms with Crippen LogP contribution in [0.15, 0.2) is 171 Å². The largest absolute Gasteiger partial charge is 0.394 e. The number of rotatable bonds is 9. The molecule has 0 saturated heterocycles. The molecular weight excluding hydrogens is 892 g/mol. The van der Waals surface area contributed by atoms with Gasteiger partial charge in [-0.25, -0.2) is 0 Å². The molecule has 6 aliphatic rings. The van der Waals surface area contributed by atoms with Crippen molar-refractivity contribution in [1.29, 1.82) is 0 Å². The molecule has 3 aliphatic carbocycles. The zero-order valence-electron chi connectivity index (χ0n) is 45.2. The highest BCUT2D eigenvalue weighted by molar-refractivity contribution is 5.80. The van der Waals surface area contributed by atoms with Gasteiger partial charge in [-0.2, -0.15) is 13.2 Å². The predicted octanol–water partition coefficient (Wildman–Crippen LogP) is 17.0. The summed E-state index contributed by atoms with van der Waals surface area (Å²) in [6.07, 6.45) is 23.2. The summed E-state index contributed by atoms with van der Waals surface area (Å²) in [5.74, 6) is 0.791. The highest BCUT2D eigenvalue weighted by Gasteiger charge is 2.51. The molecule has 0 N–H and O–H groups in total. The van der Waals surface area contributed by atoms with E-state index in [1.165, 1.54) is 79.6 Å². The number of hydrogen-bond acceptors (Lipinski definition) is 3. The quantitative estimate of drug-likeness (QED) is 0.212. The van der Waals surface area contributed by atoms with Gasteiger partial charge in [-0.1, -0.05) is 141 Å². The summed E-state index contributed by atoms with van der Waals surface area (Å²) in [5.41, 5.74) is 23.0.